The minimum atomic E-state index is -1.15. The van der Waals surface area contributed by atoms with Gasteiger partial charge in [-0.2, -0.15) is 5.26 Å². The Morgan fingerprint density at radius 1 is 1.30 bits per heavy atom. The molecule has 1 aromatic rings. The molecule has 1 aliphatic heterocycles. The van der Waals surface area contributed by atoms with Crippen LogP contribution in [-0.4, -0.2) is 17.8 Å². The molecule has 20 heavy (non-hydrogen) atoms. The van der Waals surface area contributed by atoms with E-state index in [2.05, 4.69) is 5.32 Å². The standard InChI is InChI=1S/C13H8ClN3O3/c14-8-2-1-7(6-15)9(5-8)17-11(19)13(3-4-13)10(18)16-12(17)20/h1-2,5H,3-4H2,(H,16,18,20). The van der Waals surface area contributed by atoms with Crippen LogP contribution in [0.1, 0.15) is 18.4 Å². The zero-order chi connectivity index (χ0) is 14.5. The normalized spacial score (nSPS) is 19.8. The molecule has 4 amide bonds. The van der Waals surface area contributed by atoms with Gasteiger partial charge in [0.05, 0.1) is 11.3 Å². The van der Waals surface area contributed by atoms with Crippen LogP contribution in [-0.2, 0) is 9.59 Å². The van der Waals surface area contributed by atoms with Crippen molar-refractivity contribution < 1.29 is 14.4 Å². The predicted molar refractivity (Wildman–Crippen MR) is 68.9 cm³/mol. The van der Waals surface area contributed by atoms with Gasteiger partial charge in [-0.3, -0.25) is 14.9 Å². The first-order chi connectivity index (χ1) is 9.49. The van der Waals surface area contributed by atoms with E-state index in [4.69, 9.17) is 16.9 Å². The first-order valence-corrected chi connectivity index (χ1v) is 6.27. The lowest BCUT2D eigenvalue weighted by Gasteiger charge is -2.30. The van der Waals surface area contributed by atoms with E-state index in [1.165, 1.54) is 18.2 Å². The molecule has 1 aromatic carbocycles. The average molecular weight is 290 g/mol. The van der Waals surface area contributed by atoms with E-state index in [0.29, 0.717) is 17.9 Å². The molecular weight excluding hydrogens is 282 g/mol. The van der Waals surface area contributed by atoms with Crippen molar-refractivity contribution in [2.45, 2.75) is 12.8 Å². The lowest BCUT2D eigenvalue weighted by molar-refractivity contribution is -0.136. The van der Waals surface area contributed by atoms with Crippen LogP contribution in [0.5, 0.6) is 0 Å². The fourth-order valence-corrected chi connectivity index (χ4v) is 2.41. The molecule has 2 fully saturated rings. The fraction of sp³-hybridized carbons (Fsp3) is 0.231. The molecule has 0 radical (unpaired) electrons. The maximum atomic E-state index is 12.4. The molecule has 1 aliphatic carbocycles. The zero-order valence-electron chi connectivity index (χ0n) is 10.1. The number of barbiturate groups is 1. The summed E-state index contributed by atoms with van der Waals surface area (Å²) in [7, 11) is 0. The second kappa shape index (κ2) is 4.05. The number of urea groups is 1. The molecule has 1 spiro atoms. The third-order valence-corrected chi connectivity index (χ3v) is 3.78. The van der Waals surface area contributed by atoms with E-state index < -0.39 is 23.3 Å². The molecule has 3 rings (SSSR count). The summed E-state index contributed by atoms with van der Waals surface area (Å²) in [6.07, 6.45) is 0.813. The Balaban J connectivity index is 2.12. The Bertz CT molecular complexity index is 703. The lowest BCUT2D eigenvalue weighted by Crippen LogP contribution is -2.59. The van der Waals surface area contributed by atoms with Gasteiger partial charge in [0.2, 0.25) is 5.91 Å². The van der Waals surface area contributed by atoms with Gasteiger partial charge in [-0.15, -0.1) is 0 Å². The number of carbonyl (C=O) groups excluding carboxylic acids is 3. The van der Waals surface area contributed by atoms with Crippen LogP contribution >= 0.6 is 11.6 Å². The van der Waals surface area contributed by atoms with Crippen molar-refractivity contribution in [3.05, 3.63) is 28.8 Å². The first kappa shape index (κ1) is 12.6. The molecule has 1 N–H and O–H groups in total. The first-order valence-electron chi connectivity index (χ1n) is 5.89. The molecule has 0 bridgehead atoms. The van der Waals surface area contributed by atoms with E-state index >= 15 is 0 Å². The number of amides is 4. The van der Waals surface area contributed by atoms with Gasteiger partial charge in [0.1, 0.15) is 11.5 Å². The van der Waals surface area contributed by atoms with Crippen molar-refractivity contribution in [2.75, 3.05) is 4.90 Å². The Morgan fingerprint density at radius 2 is 2.00 bits per heavy atom. The number of anilines is 1. The topological polar surface area (TPSA) is 90.3 Å². The quantitative estimate of drug-likeness (QED) is 0.795. The van der Waals surface area contributed by atoms with Crippen LogP contribution < -0.4 is 10.2 Å². The third-order valence-electron chi connectivity index (χ3n) is 3.54. The molecule has 0 atom stereocenters. The number of halogens is 1. The SMILES string of the molecule is N#Cc1ccc(Cl)cc1N1C(=O)NC(=O)C2(CC2)C1=O. The Hall–Kier alpha value is -2.39. The van der Waals surface area contributed by atoms with Crippen molar-refractivity contribution in [1.29, 1.82) is 5.26 Å². The summed E-state index contributed by atoms with van der Waals surface area (Å²) < 4.78 is 0. The zero-order valence-corrected chi connectivity index (χ0v) is 10.9. The molecule has 100 valence electrons. The molecule has 0 unspecified atom stereocenters. The summed E-state index contributed by atoms with van der Waals surface area (Å²) >= 11 is 5.86. The second-order valence-electron chi connectivity index (χ2n) is 4.76. The lowest BCUT2D eigenvalue weighted by atomic mass is 10.0. The molecule has 1 saturated carbocycles. The van der Waals surface area contributed by atoms with Crippen LogP contribution in [0.15, 0.2) is 18.2 Å². The summed E-state index contributed by atoms with van der Waals surface area (Å²) in [5.41, 5.74) is -0.910. The van der Waals surface area contributed by atoms with Crippen LogP contribution in [0.2, 0.25) is 5.02 Å². The monoisotopic (exact) mass is 289 g/mol. The Morgan fingerprint density at radius 3 is 2.60 bits per heavy atom. The number of nitrogens with zero attached hydrogens (tertiary/aromatic N) is 2. The number of rotatable bonds is 1. The number of carbonyl (C=O) groups is 3. The van der Waals surface area contributed by atoms with Crippen molar-refractivity contribution in [2.24, 2.45) is 5.41 Å². The van der Waals surface area contributed by atoms with Crippen molar-refractivity contribution >= 4 is 35.1 Å². The number of nitrogens with one attached hydrogen (secondary N) is 1. The Labute approximate surface area is 118 Å². The molecule has 7 heteroatoms. The summed E-state index contributed by atoms with van der Waals surface area (Å²) in [5.74, 6) is -1.16. The van der Waals surface area contributed by atoms with E-state index in [-0.39, 0.29) is 11.3 Å². The Kier molecular flexibility index (Phi) is 2.56. The summed E-state index contributed by atoms with van der Waals surface area (Å²) in [6.45, 7) is 0. The number of nitriles is 1. The molecule has 2 aliphatic rings. The molecule has 6 nitrogen and oxygen atoms in total. The summed E-state index contributed by atoms with van der Waals surface area (Å²) in [6, 6.07) is 5.34. The minimum absolute atomic E-state index is 0.0984. The van der Waals surface area contributed by atoms with Crippen molar-refractivity contribution in [1.82, 2.24) is 5.32 Å². The summed E-state index contributed by atoms with van der Waals surface area (Å²) in [5, 5.41) is 11.5. The average Bonchev–Trinajstić information content (AvgIpc) is 3.19. The van der Waals surface area contributed by atoms with Gasteiger partial charge in [0.25, 0.3) is 5.91 Å². The van der Waals surface area contributed by atoms with Crippen molar-refractivity contribution in [3.8, 4) is 6.07 Å². The van der Waals surface area contributed by atoms with Gasteiger partial charge in [-0.25, -0.2) is 9.69 Å². The number of benzene rings is 1. The number of hydrogen-bond donors (Lipinski definition) is 1. The minimum Gasteiger partial charge on any atom is -0.276 e. The molecule has 0 aromatic heterocycles. The van der Waals surface area contributed by atoms with Gasteiger partial charge >= 0.3 is 6.03 Å². The van der Waals surface area contributed by atoms with Crippen LogP contribution in [0.25, 0.3) is 0 Å². The van der Waals surface area contributed by atoms with Crippen LogP contribution in [0.4, 0.5) is 10.5 Å². The van der Waals surface area contributed by atoms with E-state index in [9.17, 15) is 14.4 Å². The molecule has 1 saturated heterocycles. The smallest absolute Gasteiger partial charge is 0.276 e. The van der Waals surface area contributed by atoms with E-state index in [1.54, 1.807) is 0 Å². The fourth-order valence-electron chi connectivity index (χ4n) is 2.25. The second-order valence-corrected chi connectivity index (χ2v) is 5.19. The highest BCUT2D eigenvalue weighted by atomic mass is 35.5. The highest BCUT2D eigenvalue weighted by Gasteiger charge is 2.62. The van der Waals surface area contributed by atoms with Gasteiger partial charge in [-0.05, 0) is 31.0 Å². The largest absolute Gasteiger partial charge is 0.335 e. The van der Waals surface area contributed by atoms with Crippen molar-refractivity contribution in [3.63, 3.8) is 0 Å². The maximum Gasteiger partial charge on any atom is 0.335 e. The highest BCUT2D eigenvalue weighted by Crippen LogP contribution is 2.50. The van der Waals surface area contributed by atoms with Gasteiger partial charge in [0, 0.05) is 5.02 Å². The van der Waals surface area contributed by atoms with E-state index in [1.807, 2.05) is 6.07 Å². The van der Waals surface area contributed by atoms with Gasteiger partial charge < -0.3 is 0 Å². The van der Waals surface area contributed by atoms with Crippen LogP contribution in [0, 0.1) is 16.7 Å². The van der Waals surface area contributed by atoms with Gasteiger partial charge in [0.15, 0.2) is 0 Å². The highest BCUT2D eigenvalue weighted by molar-refractivity contribution is 6.33. The molecular formula is C13H8ClN3O3. The third kappa shape index (κ3) is 1.60. The number of imide groups is 2. The number of hydrogen-bond acceptors (Lipinski definition) is 4. The maximum absolute atomic E-state index is 12.4. The van der Waals surface area contributed by atoms with E-state index in [0.717, 1.165) is 4.90 Å². The predicted octanol–water partition coefficient (Wildman–Crippen LogP) is 1.57. The molecule has 1 heterocycles. The van der Waals surface area contributed by atoms with Gasteiger partial charge in [-0.1, -0.05) is 11.6 Å². The van der Waals surface area contributed by atoms with Crippen LogP contribution in [0.3, 0.4) is 0 Å². The summed E-state index contributed by atoms with van der Waals surface area (Å²) in [4.78, 5) is 36.9.